The first-order valence-corrected chi connectivity index (χ1v) is 27.7. The van der Waals surface area contributed by atoms with Crippen molar-refractivity contribution in [2.75, 3.05) is 39.6 Å². The Morgan fingerprint density at radius 2 is 0.841 bits per heavy atom. The van der Waals surface area contributed by atoms with Crippen LogP contribution >= 0.6 is 0 Å². The highest BCUT2D eigenvalue weighted by Gasteiger charge is 2.39. The SMILES string of the molecule is CCCCCCCCC(=O)CCC(COC(=O)CCCCCCCC)CC(=O)OC[C@@H]1C[C@@H](OC(=O)CC(COC(=O)CCCCCCCC)COC(=O)CCCCCCCC)CN1C(=O)OCC. The Hall–Kier alpha value is -3.71. The largest absolute Gasteiger partial charge is 0.465 e. The van der Waals surface area contributed by atoms with Crippen molar-refractivity contribution in [2.24, 2.45) is 11.8 Å². The minimum absolute atomic E-state index is 0.00210. The molecule has 0 aromatic heterocycles. The zero-order chi connectivity index (χ0) is 50.7. The van der Waals surface area contributed by atoms with Crippen molar-refractivity contribution in [2.45, 2.75) is 259 Å². The van der Waals surface area contributed by atoms with Crippen LogP contribution in [0.2, 0.25) is 0 Å². The summed E-state index contributed by atoms with van der Waals surface area (Å²) in [6.45, 7) is 10.0. The smallest absolute Gasteiger partial charge is 0.410 e. The molecule has 3 atom stereocenters. The lowest BCUT2D eigenvalue weighted by atomic mass is 9.97. The first-order valence-electron chi connectivity index (χ1n) is 27.7. The van der Waals surface area contributed by atoms with Crippen LogP contribution < -0.4 is 0 Å². The van der Waals surface area contributed by atoms with Crippen LogP contribution in [0, 0.1) is 11.8 Å². The second kappa shape index (κ2) is 43.1. The molecule has 14 heteroatoms. The van der Waals surface area contributed by atoms with Gasteiger partial charge in [-0.15, -0.1) is 0 Å². The van der Waals surface area contributed by atoms with Gasteiger partial charge in [0, 0.05) is 50.4 Å². The van der Waals surface area contributed by atoms with Gasteiger partial charge in [0.25, 0.3) is 0 Å². The van der Waals surface area contributed by atoms with Crippen molar-refractivity contribution < 1.29 is 62.0 Å². The van der Waals surface area contributed by atoms with Crippen molar-refractivity contribution in [1.82, 2.24) is 4.90 Å². The van der Waals surface area contributed by atoms with Crippen LogP contribution in [-0.4, -0.2) is 98.3 Å². The van der Waals surface area contributed by atoms with Crippen LogP contribution in [0.15, 0.2) is 0 Å². The number of carbonyl (C=O) groups excluding carboxylic acids is 7. The number of nitrogens with zero attached hydrogens (tertiary/aromatic N) is 1. The third-order valence-electron chi connectivity index (χ3n) is 12.8. The minimum atomic E-state index is -0.742. The van der Waals surface area contributed by atoms with Gasteiger partial charge in [0.2, 0.25) is 0 Å². The Balaban J connectivity index is 2.91. The number of amides is 1. The number of hydrogen-bond acceptors (Lipinski definition) is 13. The molecule has 0 saturated carbocycles. The molecule has 1 amide bonds. The molecule has 1 saturated heterocycles. The summed E-state index contributed by atoms with van der Waals surface area (Å²) in [5, 5.41) is 0. The van der Waals surface area contributed by atoms with Gasteiger partial charge in [-0.05, 0) is 39.0 Å². The van der Waals surface area contributed by atoms with Crippen molar-refractivity contribution in [3.05, 3.63) is 0 Å². The van der Waals surface area contributed by atoms with E-state index >= 15 is 0 Å². The monoisotopic (exact) mass is 980 g/mol. The van der Waals surface area contributed by atoms with E-state index < -0.39 is 42.0 Å². The highest BCUT2D eigenvalue weighted by Crippen LogP contribution is 2.25. The molecule has 0 aromatic rings. The lowest BCUT2D eigenvalue weighted by Crippen LogP contribution is -2.39. The van der Waals surface area contributed by atoms with E-state index in [9.17, 15) is 33.6 Å². The molecule has 1 aliphatic rings. The van der Waals surface area contributed by atoms with Crippen molar-refractivity contribution >= 4 is 41.7 Å². The number of ether oxygens (including phenoxy) is 6. The number of hydrogen-bond donors (Lipinski definition) is 0. The van der Waals surface area contributed by atoms with E-state index in [0.29, 0.717) is 32.1 Å². The predicted octanol–water partition coefficient (Wildman–Crippen LogP) is 12.7. The van der Waals surface area contributed by atoms with Gasteiger partial charge in [0.1, 0.15) is 18.5 Å². The fourth-order valence-electron chi connectivity index (χ4n) is 8.50. The normalized spacial score (nSPS) is 14.9. The number of carbonyl (C=O) groups is 7. The molecule has 1 heterocycles. The number of likely N-dealkylation sites (tertiary alicyclic amines) is 1. The number of esters is 5. The van der Waals surface area contributed by atoms with Gasteiger partial charge < -0.3 is 28.4 Å². The number of ketones is 1. The van der Waals surface area contributed by atoms with Crippen LogP contribution in [0.1, 0.15) is 247 Å². The van der Waals surface area contributed by atoms with Crippen LogP contribution in [0.4, 0.5) is 4.79 Å². The fraction of sp³-hybridized carbons (Fsp3) is 0.873. The second-order valence-corrected chi connectivity index (χ2v) is 19.4. The number of rotatable bonds is 45. The standard InChI is InChI=1S/C55H97NO13/c1-6-11-15-19-23-27-31-48(57)36-35-45(41-65-50(58)32-28-24-20-16-12-7-2)37-53(61)68-44-47-39-49(40-56(47)55(63)64-10-5)69-54(62)38-46(42-66-51(59)33-29-25-21-17-13-8-3)43-67-52(60)34-30-26-22-18-14-9-4/h45-47,49H,6-44H2,1-5H3/t45?,47-,49+/m0/s1. The molecule has 0 radical (unpaired) electrons. The topological polar surface area (TPSA) is 178 Å². The van der Waals surface area contributed by atoms with Crippen molar-refractivity contribution in [3.63, 3.8) is 0 Å². The predicted molar refractivity (Wildman–Crippen MR) is 268 cm³/mol. The van der Waals surface area contributed by atoms with Gasteiger partial charge in [-0.1, -0.05) is 156 Å². The van der Waals surface area contributed by atoms with E-state index in [4.69, 9.17) is 28.4 Å². The maximum atomic E-state index is 13.4. The Kier molecular flexibility index (Phi) is 39.6. The Bertz CT molecular complexity index is 1320. The van der Waals surface area contributed by atoms with Crippen molar-refractivity contribution in [1.29, 1.82) is 0 Å². The zero-order valence-electron chi connectivity index (χ0n) is 44.1. The lowest BCUT2D eigenvalue weighted by molar-refractivity contribution is -0.157. The lowest BCUT2D eigenvalue weighted by Gasteiger charge is -2.23. The Morgan fingerprint density at radius 3 is 1.29 bits per heavy atom. The molecule has 1 aliphatic heterocycles. The van der Waals surface area contributed by atoms with E-state index in [1.54, 1.807) is 6.92 Å². The van der Waals surface area contributed by atoms with Gasteiger partial charge in [-0.3, -0.25) is 33.7 Å². The van der Waals surface area contributed by atoms with E-state index in [-0.39, 0.29) is 102 Å². The summed E-state index contributed by atoms with van der Waals surface area (Å²) >= 11 is 0. The summed E-state index contributed by atoms with van der Waals surface area (Å²) in [4.78, 5) is 92.1. The summed E-state index contributed by atoms with van der Waals surface area (Å²) in [5.41, 5.74) is 0. The number of Topliss-reactive ketones (excluding diaryl/α,β-unsaturated/α-hetero) is 1. The van der Waals surface area contributed by atoms with Crippen LogP contribution in [0.3, 0.4) is 0 Å². The number of unbranched alkanes of at least 4 members (excludes halogenated alkanes) is 20. The Morgan fingerprint density at radius 1 is 0.435 bits per heavy atom. The highest BCUT2D eigenvalue weighted by molar-refractivity contribution is 5.78. The van der Waals surface area contributed by atoms with E-state index in [2.05, 4.69) is 27.7 Å². The molecular weight excluding hydrogens is 883 g/mol. The summed E-state index contributed by atoms with van der Waals surface area (Å²) in [6, 6.07) is -0.653. The van der Waals surface area contributed by atoms with Gasteiger partial charge in [-0.2, -0.15) is 0 Å². The summed E-state index contributed by atoms with van der Waals surface area (Å²) in [5.74, 6) is -3.15. The molecule has 1 unspecified atom stereocenters. The Labute approximate surface area is 417 Å². The average Bonchev–Trinajstić information content (AvgIpc) is 3.74. The fourth-order valence-corrected chi connectivity index (χ4v) is 8.50. The van der Waals surface area contributed by atoms with Crippen LogP contribution in [0.5, 0.6) is 0 Å². The van der Waals surface area contributed by atoms with E-state index in [1.165, 1.54) is 37.0 Å². The van der Waals surface area contributed by atoms with Gasteiger partial charge in [-0.25, -0.2) is 4.79 Å². The average molecular weight is 980 g/mol. The molecule has 0 spiro atoms. The summed E-state index contributed by atoms with van der Waals surface area (Å²) < 4.78 is 33.6. The third-order valence-corrected chi connectivity index (χ3v) is 12.8. The molecular formula is C55H97NO13. The highest BCUT2D eigenvalue weighted by atomic mass is 16.6. The molecule has 0 aliphatic carbocycles. The molecule has 0 N–H and O–H groups in total. The molecule has 0 aromatic carbocycles. The molecule has 0 bridgehead atoms. The van der Waals surface area contributed by atoms with E-state index in [1.807, 2.05) is 0 Å². The third kappa shape index (κ3) is 35.1. The molecule has 400 valence electrons. The summed E-state index contributed by atoms with van der Waals surface area (Å²) in [6.07, 6.45) is 25.5. The maximum Gasteiger partial charge on any atom is 0.410 e. The maximum absolute atomic E-state index is 13.4. The first kappa shape index (κ1) is 63.3. The molecule has 69 heavy (non-hydrogen) atoms. The van der Waals surface area contributed by atoms with E-state index in [0.717, 1.165) is 109 Å². The minimum Gasteiger partial charge on any atom is -0.465 e. The molecule has 1 rings (SSSR count). The summed E-state index contributed by atoms with van der Waals surface area (Å²) in [7, 11) is 0. The second-order valence-electron chi connectivity index (χ2n) is 19.4. The first-order chi connectivity index (χ1) is 33.4. The molecule has 1 fully saturated rings. The van der Waals surface area contributed by atoms with Crippen LogP contribution in [0.25, 0.3) is 0 Å². The van der Waals surface area contributed by atoms with Crippen LogP contribution in [-0.2, 0) is 57.2 Å². The van der Waals surface area contributed by atoms with Gasteiger partial charge >= 0.3 is 35.9 Å². The van der Waals surface area contributed by atoms with Gasteiger partial charge in [0.15, 0.2) is 0 Å². The quantitative estimate of drug-likeness (QED) is 0.0320. The van der Waals surface area contributed by atoms with Crippen molar-refractivity contribution in [3.8, 4) is 0 Å². The van der Waals surface area contributed by atoms with Gasteiger partial charge in [0.05, 0.1) is 51.9 Å². The molecule has 14 nitrogen and oxygen atoms in total. The zero-order valence-corrected chi connectivity index (χ0v) is 44.1.